The second-order valence-electron chi connectivity index (χ2n) is 4.72. The van der Waals surface area contributed by atoms with Crippen molar-refractivity contribution >= 4 is 17.9 Å². The fraction of sp³-hybridized carbons (Fsp3) is 0.727. The third-order valence-corrected chi connectivity index (χ3v) is 3.22. The number of ether oxygens (including phenoxy) is 2. The molecule has 0 aromatic carbocycles. The predicted octanol–water partition coefficient (Wildman–Crippen LogP) is -1.77. The minimum absolute atomic E-state index is 0.114. The molecule has 0 saturated carbocycles. The van der Waals surface area contributed by atoms with Crippen LogP contribution in [0.25, 0.3) is 0 Å². The molecule has 10 heteroatoms. The van der Waals surface area contributed by atoms with Crippen molar-refractivity contribution in [2.75, 3.05) is 6.61 Å². The van der Waals surface area contributed by atoms with E-state index in [2.05, 4.69) is 4.74 Å². The number of esters is 1. The van der Waals surface area contributed by atoms with Crippen molar-refractivity contribution in [3.05, 3.63) is 0 Å². The molecule has 3 amide bonds. The summed E-state index contributed by atoms with van der Waals surface area (Å²) in [5, 5.41) is 20.4. The summed E-state index contributed by atoms with van der Waals surface area (Å²) in [7, 11) is 0. The molecule has 21 heavy (non-hydrogen) atoms. The maximum absolute atomic E-state index is 13.9. The van der Waals surface area contributed by atoms with Crippen molar-refractivity contribution in [3.63, 3.8) is 0 Å². The normalized spacial score (nSPS) is 36.6. The van der Waals surface area contributed by atoms with Gasteiger partial charge < -0.3 is 19.7 Å². The highest BCUT2D eigenvalue weighted by atomic mass is 19.1. The minimum atomic E-state index is -2.28. The molecular formula is C11H15FN2O7. The number of hydrogen-bond acceptors (Lipinski definition) is 7. The highest BCUT2D eigenvalue weighted by Gasteiger charge is 2.50. The van der Waals surface area contributed by atoms with Crippen molar-refractivity contribution in [2.45, 2.75) is 44.2 Å². The van der Waals surface area contributed by atoms with Crippen molar-refractivity contribution in [3.8, 4) is 0 Å². The number of aliphatic hydroxyl groups excluding tert-OH is 2. The molecule has 2 heterocycles. The van der Waals surface area contributed by atoms with Crippen LogP contribution in [0.5, 0.6) is 0 Å². The molecule has 0 radical (unpaired) electrons. The van der Waals surface area contributed by atoms with Gasteiger partial charge in [-0.2, -0.15) is 0 Å². The van der Waals surface area contributed by atoms with Gasteiger partial charge >= 0.3 is 12.0 Å². The Morgan fingerprint density at radius 1 is 1.57 bits per heavy atom. The number of carbonyl (C=O) groups excluding carboxylic acids is 3. The molecular weight excluding hydrogens is 291 g/mol. The van der Waals surface area contributed by atoms with Gasteiger partial charge in [-0.1, -0.05) is 0 Å². The Balaban J connectivity index is 2.22. The van der Waals surface area contributed by atoms with Crippen LogP contribution in [0, 0.1) is 0 Å². The topological polar surface area (TPSA) is 125 Å². The van der Waals surface area contributed by atoms with Crippen LogP contribution in [0.3, 0.4) is 0 Å². The summed E-state index contributed by atoms with van der Waals surface area (Å²) in [6, 6.07) is -1.00. The van der Waals surface area contributed by atoms with Gasteiger partial charge in [0.2, 0.25) is 12.4 Å². The van der Waals surface area contributed by atoms with Gasteiger partial charge in [-0.15, -0.1) is 0 Å². The molecule has 0 aromatic rings. The van der Waals surface area contributed by atoms with Gasteiger partial charge in [0.25, 0.3) is 5.91 Å². The highest BCUT2D eigenvalue weighted by molar-refractivity contribution is 5.99. The van der Waals surface area contributed by atoms with Crippen LogP contribution < -0.4 is 5.32 Å². The third kappa shape index (κ3) is 2.96. The Morgan fingerprint density at radius 2 is 2.24 bits per heavy atom. The first kappa shape index (κ1) is 15.6. The van der Waals surface area contributed by atoms with Gasteiger partial charge in [0, 0.05) is 13.3 Å². The first-order valence-electron chi connectivity index (χ1n) is 6.24. The molecule has 2 aliphatic heterocycles. The van der Waals surface area contributed by atoms with E-state index in [-0.39, 0.29) is 6.42 Å². The molecule has 9 nitrogen and oxygen atoms in total. The summed E-state index contributed by atoms with van der Waals surface area (Å²) in [6.07, 6.45) is -7.32. The lowest BCUT2D eigenvalue weighted by Crippen LogP contribution is -2.65. The second kappa shape index (κ2) is 5.92. The summed E-state index contributed by atoms with van der Waals surface area (Å²) in [5.74, 6) is -2.10. The number of rotatable bonds is 3. The number of alkyl halides is 1. The van der Waals surface area contributed by atoms with Crippen molar-refractivity contribution in [1.29, 1.82) is 0 Å². The highest BCUT2D eigenvalue weighted by Crippen LogP contribution is 2.28. The molecule has 118 valence electrons. The molecule has 2 saturated heterocycles. The number of urea groups is 1. The number of nitrogens with one attached hydrogen (secondary N) is 1. The second-order valence-corrected chi connectivity index (χ2v) is 4.72. The number of halogens is 1. The van der Waals surface area contributed by atoms with Gasteiger partial charge in [-0.3, -0.25) is 19.8 Å². The summed E-state index contributed by atoms with van der Waals surface area (Å²) in [5.41, 5.74) is 0. The lowest BCUT2D eigenvalue weighted by atomic mass is 10.1. The number of hydrogen-bond donors (Lipinski definition) is 3. The monoisotopic (exact) mass is 306 g/mol. The van der Waals surface area contributed by atoms with Crippen LogP contribution in [-0.4, -0.2) is 70.5 Å². The molecule has 0 bridgehead atoms. The molecule has 2 fully saturated rings. The SMILES string of the molecule is CC(=O)OC1C(F)C(=O)NC(=O)N1[C@H]1C[C@H](O)[C@@H](CO)O1. The lowest BCUT2D eigenvalue weighted by molar-refractivity contribution is -0.182. The molecule has 2 rings (SSSR count). The molecule has 2 aliphatic rings. The summed E-state index contributed by atoms with van der Waals surface area (Å²) in [6.45, 7) is 0.506. The zero-order valence-electron chi connectivity index (χ0n) is 11.1. The fourth-order valence-electron chi connectivity index (χ4n) is 2.26. The van der Waals surface area contributed by atoms with Gasteiger partial charge in [0.15, 0.2) is 0 Å². The maximum Gasteiger partial charge on any atom is 0.329 e. The van der Waals surface area contributed by atoms with Gasteiger partial charge in [-0.25, -0.2) is 9.18 Å². The van der Waals surface area contributed by atoms with E-state index < -0.39 is 55.3 Å². The molecule has 3 N–H and O–H groups in total. The Hall–Kier alpha value is -1.78. The number of nitrogens with zero attached hydrogens (tertiary/aromatic N) is 1. The lowest BCUT2D eigenvalue weighted by Gasteiger charge is -2.38. The molecule has 0 aliphatic carbocycles. The largest absolute Gasteiger partial charge is 0.438 e. The number of aliphatic hydroxyl groups is 2. The molecule has 2 unspecified atom stereocenters. The van der Waals surface area contributed by atoms with Gasteiger partial charge in [-0.05, 0) is 0 Å². The Bertz CT molecular complexity index is 460. The standard InChI is InChI=1S/C11H15FN2O7/c1-4(16)20-10-8(12)9(18)13-11(19)14(10)7-2-5(17)6(3-15)21-7/h5-8,10,15,17H,2-3H2,1H3,(H,13,18,19)/t5-,6+,7+,8?,10?/m0/s1. The smallest absolute Gasteiger partial charge is 0.329 e. The Labute approximate surface area is 118 Å². The third-order valence-electron chi connectivity index (χ3n) is 3.22. The average Bonchev–Trinajstić information content (AvgIpc) is 2.76. The van der Waals surface area contributed by atoms with Crippen LogP contribution in [0.1, 0.15) is 13.3 Å². The molecule has 0 aromatic heterocycles. The zero-order valence-corrected chi connectivity index (χ0v) is 11.1. The van der Waals surface area contributed by atoms with Crippen molar-refractivity contribution in [2.24, 2.45) is 0 Å². The quantitative estimate of drug-likeness (QED) is 0.527. The van der Waals surface area contributed by atoms with E-state index in [4.69, 9.17) is 9.84 Å². The summed E-state index contributed by atoms with van der Waals surface area (Å²) >= 11 is 0. The van der Waals surface area contributed by atoms with E-state index in [1.165, 1.54) is 0 Å². The maximum atomic E-state index is 13.9. The zero-order chi connectivity index (χ0) is 15.7. The Morgan fingerprint density at radius 3 is 2.76 bits per heavy atom. The average molecular weight is 306 g/mol. The van der Waals surface area contributed by atoms with Gasteiger partial charge in [0.05, 0.1) is 12.7 Å². The Kier molecular flexibility index (Phi) is 4.40. The molecule has 5 atom stereocenters. The van der Waals surface area contributed by atoms with Crippen LogP contribution in [0.4, 0.5) is 9.18 Å². The number of imide groups is 1. The summed E-state index contributed by atoms with van der Waals surface area (Å²) < 4.78 is 23.8. The van der Waals surface area contributed by atoms with E-state index in [0.717, 1.165) is 6.92 Å². The number of carbonyl (C=O) groups is 3. The van der Waals surface area contributed by atoms with E-state index >= 15 is 0 Å². The van der Waals surface area contributed by atoms with Crippen LogP contribution in [-0.2, 0) is 19.1 Å². The van der Waals surface area contributed by atoms with Crippen molar-refractivity contribution < 1.29 is 38.5 Å². The summed E-state index contributed by atoms with van der Waals surface area (Å²) in [4.78, 5) is 34.9. The van der Waals surface area contributed by atoms with E-state index in [1.54, 1.807) is 5.32 Å². The first-order chi connectivity index (χ1) is 9.85. The fourth-order valence-corrected chi connectivity index (χ4v) is 2.26. The first-order valence-corrected chi connectivity index (χ1v) is 6.24. The van der Waals surface area contributed by atoms with Crippen molar-refractivity contribution in [1.82, 2.24) is 10.2 Å². The van der Waals surface area contributed by atoms with Crippen LogP contribution >= 0.6 is 0 Å². The number of amides is 3. The van der Waals surface area contributed by atoms with E-state index in [9.17, 15) is 23.9 Å². The van der Waals surface area contributed by atoms with Crippen LogP contribution in [0.2, 0.25) is 0 Å². The van der Waals surface area contributed by atoms with Crippen LogP contribution in [0.15, 0.2) is 0 Å². The minimum Gasteiger partial charge on any atom is -0.438 e. The van der Waals surface area contributed by atoms with Gasteiger partial charge in [0.1, 0.15) is 12.3 Å². The predicted molar refractivity (Wildman–Crippen MR) is 62.2 cm³/mol. The van der Waals surface area contributed by atoms with E-state index in [1.807, 2.05) is 0 Å². The molecule has 0 spiro atoms. The van der Waals surface area contributed by atoms with E-state index in [0.29, 0.717) is 4.90 Å².